The zero-order chi connectivity index (χ0) is 13.6. The third-order valence-corrected chi connectivity index (χ3v) is 4.66. The van der Waals surface area contributed by atoms with Gasteiger partial charge in [-0.2, -0.15) is 0 Å². The fourth-order valence-corrected chi connectivity index (χ4v) is 3.62. The summed E-state index contributed by atoms with van der Waals surface area (Å²) >= 11 is 1.01. The number of para-hydroxylation sites is 1. The zero-order valence-corrected chi connectivity index (χ0v) is 10.7. The molecule has 1 aromatic rings. The molecule has 2 atom stereocenters. The van der Waals surface area contributed by atoms with Gasteiger partial charge < -0.3 is 10.0 Å². The van der Waals surface area contributed by atoms with Crippen LogP contribution in [0.3, 0.4) is 0 Å². The van der Waals surface area contributed by atoms with E-state index in [-0.39, 0.29) is 11.7 Å². The number of hydrogen-bond donors (Lipinski definition) is 1. The second-order valence-corrected chi connectivity index (χ2v) is 5.67. The Morgan fingerprint density at radius 1 is 1.32 bits per heavy atom. The van der Waals surface area contributed by atoms with Crippen molar-refractivity contribution in [3.8, 4) is 0 Å². The molecule has 1 aromatic carbocycles. The summed E-state index contributed by atoms with van der Waals surface area (Å²) < 4.78 is 0. The Morgan fingerprint density at radius 2 is 2.05 bits per heavy atom. The molecule has 6 heteroatoms. The Morgan fingerprint density at radius 3 is 2.79 bits per heavy atom. The second-order valence-electron chi connectivity index (χ2n) is 4.52. The van der Waals surface area contributed by atoms with E-state index in [0.29, 0.717) is 23.4 Å². The number of carbonyl (C=O) groups is 3. The van der Waals surface area contributed by atoms with Gasteiger partial charge in [-0.05, 0) is 18.6 Å². The summed E-state index contributed by atoms with van der Waals surface area (Å²) in [6, 6.07) is 6.43. The van der Waals surface area contributed by atoms with E-state index in [1.165, 1.54) is 4.90 Å². The summed E-state index contributed by atoms with van der Waals surface area (Å²) in [5.41, 5.74) is 0.650. The number of carboxylic acids is 1. The lowest BCUT2D eigenvalue weighted by atomic mass is 10.1. The van der Waals surface area contributed by atoms with Crippen LogP contribution in [0.25, 0.3) is 0 Å². The molecule has 1 saturated heterocycles. The summed E-state index contributed by atoms with van der Waals surface area (Å²) in [5.74, 6) is -1.65. The van der Waals surface area contributed by atoms with Crippen molar-refractivity contribution in [1.82, 2.24) is 0 Å². The SMILES string of the molecule is O=C(O)C1Sc2ccccc2N2C(=O)CCC2C1=O. The first-order valence-electron chi connectivity index (χ1n) is 5.94. The minimum absolute atomic E-state index is 0.113. The number of anilines is 1. The van der Waals surface area contributed by atoms with Crippen LogP contribution in [0.2, 0.25) is 0 Å². The maximum absolute atomic E-state index is 12.3. The van der Waals surface area contributed by atoms with Crippen molar-refractivity contribution >= 4 is 35.1 Å². The molecule has 2 heterocycles. The number of rotatable bonds is 1. The van der Waals surface area contributed by atoms with Crippen molar-refractivity contribution in [2.75, 3.05) is 4.90 Å². The minimum Gasteiger partial charge on any atom is -0.480 e. The van der Waals surface area contributed by atoms with E-state index in [9.17, 15) is 19.5 Å². The number of Topliss-reactive ketones (excluding diaryl/α,β-unsaturated/α-hetero) is 1. The van der Waals surface area contributed by atoms with Gasteiger partial charge in [-0.15, -0.1) is 11.8 Å². The van der Waals surface area contributed by atoms with Gasteiger partial charge in [0.1, 0.15) is 0 Å². The van der Waals surface area contributed by atoms with Crippen LogP contribution < -0.4 is 4.90 Å². The lowest BCUT2D eigenvalue weighted by Gasteiger charge is -2.22. The number of fused-ring (bicyclic) bond motifs is 3. The van der Waals surface area contributed by atoms with E-state index in [0.717, 1.165) is 11.8 Å². The van der Waals surface area contributed by atoms with Crippen LogP contribution in [-0.4, -0.2) is 34.1 Å². The van der Waals surface area contributed by atoms with Crippen molar-refractivity contribution in [2.24, 2.45) is 0 Å². The maximum atomic E-state index is 12.3. The molecule has 0 saturated carbocycles. The number of carbonyl (C=O) groups excluding carboxylic acids is 2. The first-order chi connectivity index (χ1) is 9.09. The molecule has 2 unspecified atom stereocenters. The quantitative estimate of drug-likeness (QED) is 0.783. The maximum Gasteiger partial charge on any atom is 0.324 e. The average molecular weight is 277 g/mol. The number of thioether (sulfide) groups is 1. The molecule has 19 heavy (non-hydrogen) atoms. The topological polar surface area (TPSA) is 74.7 Å². The highest BCUT2D eigenvalue weighted by atomic mass is 32.2. The van der Waals surface area contributed by atoms with Crippen LogP contribution in [0.1, 0.15) is 12.8 Å². The summed E-state index contributed by atoms with van der Waals surface area (Å²) in [5, 5.41) is 8.06. The van der Waals surface area contributed by atoms with Crippen molar-refractivity contribution in [3.05, 3.63) is 24.3 Å². The molecule has 0 bridgehead atoms. The van der Waals surface area contributed by atoms with E-state index in [2.05, 4.69) is 0 Å². The fraction of sp³-hybridized carbons (Fsp3) is 0.308. The molecule has 0 aliphatic carbocycles. The van der Waals surface area contributed by atoms with Crippen molar-refractivity contribution in [3.63, 3.8) is 0 Å². The molecule has 1 fully saturated rings. The van der Waals surface area contributed by atoms with E-state index in [1.807, 2.05) is 0 Å². The fourth-order valence-electron chi connectivity index (χ4n) is 2.54. The van der Waals surface area contributed by atoms with Gasteiger partial charge in [0, 0.05) is 11.3 Å². The Bertz CT molecular complexity index is 586. The highest BCUT2D eigenvalue weighted by Crippen LogP contribution is 2.41. The molecular formula is C13H11NO4S. The van der Waals surface area contributed by atoms with Crippen LogP contribution in [0.5, 0.6) is 0 Å². The molecule has 3 rings (SSSR count). The molecule has 0 aromatic heterocycles. The number of nitrogens with zero attached hydrogens (tertiary/aromatic N) is 1. The molecule has 98 valence electrons. The molecular weight excluding hydrogens is 266 g/mol. The number of ketones is 1. The van der Waals surface area contributed by atoms with Gasteiger partial charge in [-0.25, -0.2) is 0 Å². The third-order valence-electron chi connectivity index (χ3n) is 3.39. The normalized spacial score (nSPS) is 25.8. The van der Waals surface area contributed by atoms with Gasteiger partial charge in [0.15, 0.2) is 11.0 Å². The number of hydrogen-bond acceptors (Lipinski definition) is 4. The Kier molecular flexibility index (Phi) is 2.82. The van der Waals surface area contributed by atoms with Crippen molar-refractivity contribution < 1.29 is 19.5 Å². The predicted octanol–water partition coefficient (Wildman–Crippen LogP) is 1.31. The number of carboxylic acid groups (broad SMARTS) is 1. The second kappa shape index (κ2) is 4.38. The average Bonchev–Trinajstić information content (AvgIpc) is 2.71. The van der Waals surface area contributed by atoms with Crippen LogP contribution in [0.15, 0.2) is 29.2 Å². The van der Waals surface area contributed by atoms with E-state index in [1.54, 1.807) is 24.3 Å². The number of benzene rings is 1. The first kappa shape index (κ1) is 12.2. The summed E-state index contributed by atoms with van der Waals surface area (Å²) in [7, 11) is 0. The van der Waals surface area contributed by atoms with Gasteiger partial charge in [-0.3, -0.25) is 14.4 Å². The Hall–Kier alpha value is -1.82. The number of amides is 1. The third kappa shape index (κ3) is 1.83. The lowest BCUT2D eigenvalue weighted by molar-refractivity contribution is -0.139. The van der Waals surface area contributed by atoms with Gasteiger partial charge in [0.25, 0.3) is 0 Å². The van der Waals surface area contributed by atoms with Gasteiger partial charge in [0.05, 0.1) is 11.7 Å². The van der Waals surface area contributed by atoms with Gasteiger partial charge >= 0.3 is 5.97 Å². The lowest BCUT2D eigenvalue weighted by Crippen LogP contribution is -2.43. The van der Waals surface area contributed by atoms with Crippen molar-refractivity contribution in [1.29, 1.82) is 0 Å². The molecule has 5 nitrogen and oxygen atoms in total. The van der Waals surface area contributed by atoms with E-state index < -0.39 is 17.3 Å². The number of aliphatic carboxylic acids is 1. The highest BCUT2D eigenvalue weighted by molar-refractivity contribution is 8.01. The van der Waals surface area contributed by atoms with Crippen LogP contribution in [0.4, 0.5) is 5.69 Å². The standard InChI is InChI=1S/C13H11NO4S/c15-10-6-5-8-11(16)12(13(17)18)19-9-4-2-1-3-7(9)14(8)10/h1-4,8,12H,5-6H2,(H,17,18). The zero-order valence-electron chi connectivity index (χ0n) is 9.91. The highest BCUT2D eigenvalue weighted by Gasteiger charge is 2.45. The smallest absolute Gasteiger partial charge is 0.324 e. The molecule has 0 radical (unpaired) electrons. The minimum atomic E-state index is -1.15. The molecule has 1 amide bonds. The molecule has 2 aliphatic heterocycles. The molecule has 2 aliphatic rings. The monoisotopic (exact) mass is 277 g/mol. The molecule has 1 N–H and O–H groups in total. The largest absolute Gasteiger partial charge is 0.480 e. The Labute approximate surface area is 113 Å². The van der Waals surface area contributed by atoms with Gasteiger partial charge in [-0.1, -0.05) is 12.1 Å². The van der Waals surface area contributed by atoms with Crippen LogP contribution in [-0.2, 0) is 14.4 Å². The first-order valence-corrected chi connectivity index (χ1v) is 6.82. The van der Waals surface area contributed by atoms with Gasteiger partial charge in [0.2, 0.25) is 5.91 Å². The predicted molar refractivity (Wildman–Crippen MR) is 69.2 cm³/mol. The summed E-state index contributed by atoms with van der Waals surface area (Å²) in [4.78, 5) is 37.6. The van der Waals surface area contributed by atoms with E-state index in [4.69, 9.17) is 0 Å². The summed E-state index contributed by atoms with van der Waals surface area (Å²) in [6.07, 6.45) is 0.693. The molecule has 0 spiro atoms. The van der Waals surface area contributed by atoms with E-state index >= 15 is 0 Å². The van der Waals surface area contributed by atoms with Crippen LogP contribution in [0, 0.1) is 0 Å². The van der Waals surface area contributed by atoms with Crippen LogP contribution >= 0.6 is 11.8 Å². The Balaban J connectivity index is 2.15. The van der Waals surface area contributed by atoms with Crippen molar-refractivity contribution in [2.45, 2.75) is 29.0 Å². The summed E-state index contributed by atoms with van der Waals surface area (Å²) in [6.45, 7) is 0.